The average Bonchev–Trinajstić information content (AvgIpc) is 2.49. The number of halogens is 1. The molecule has 1 aliphatic carbocycles. The van der Waals surface area contributed by atoms with Crippen molar-refractivity contribution in [3.8, 4) is 0 Å². The number of carbonyl (C=O) groups is 1. The summed E-state index contributed by atoms with van der Waals surface area (Å²) >= 11 is 3.14. The molecule has 76 valence electrons. The van der Waals surface area contributed by atoms with Gasteiger partial charge in [0.25, 0.3) is 5.91 Å². The second kappa shape index (κ2) is 3.74. The molecule has 1 fully saturated rings. The summed E-state index contributed by atoms with van der Waals surface area (Å²) in [5.74, 6) is -0.101. The van der Waals surface area contributed by atoms with Gasteiger partial charge in [-0.2, -0.15) is 0 Å². The van der Waals surface area contributed by atoms with Crippen molar-refractivity contribution < 1.29 is 9.21 Å². The van der Waals surface area contributed by atoms with Gasteiger partial charge in [-0.3, -0.25) is 4.79 Å². The standard InChI is InChI=1S/C9H11BrN2O2/c10-8-1-5(4-14-8)9(13)12-7-2-6(11)3-7/h1,4,6-7H,2-3,11H2,(H,12,13). The highest BCUT2D eigenvalue weighted by Crippen LogP contribution is 2.19. The molecule has 2 rings (SSSR count). The van der Waals surface area contributed by atoms with Crippen molar-refractivity contribution in [2.45, 2.75) is 24.9 Å². The smallest absolute Gasteiger partial charge is 0.254 e. The molecule has 0 unspecified atom stereocenters. The van der Waals surface area contributed by atoms with Gasteiger partial charge in [0.05, 0.1) is 5.56 Å². The summed E-state index contributed by atoms with van der Waals surface area (Å²) in [5, 5.41) is 2.88. The Balaban J connectivity index is 1.90. The van der Waals surface area contributed by atoms with E-state index in [1.165, 1.54) is 6.26 Å². The largest absolute Gasteiger partial charge is 0.457 e. The fourth-order valence-electron chi connectivity index (χ4n) is 1.48. The van der Waals surface area contributed by atoms with Gasteiger partial charge in [-0.25, -0.2) is 0 Å². The molecular formula is C9H11BrN2O2. The lowest BCUT2D eigenvalue weighted by Gasteiger charge is -2.32. The Labute approximate surface area is 90.0 Å². The quantitative estimate of drug-likeness (QED) is 0.840. The third-order valence-electron chi connectivity index (χ3n) is 2.34. The maximum absolute atomic E-state index is 11.5. The molecule has 3 N–H and O–H groups in total. The zero-order chi connectivity index (χ0) is 10.1. The first-order valence-corrected chi connectivity index (χ1v) is 5.25. The van der Waals surface area contributed by atoms with Crippen molar-refractivity contribution in [3.63, 3.8) is 0 Å². The molecule has 1 heterocycles. The van der Waals surface area contributed by atoms with Gasteiger partial charge in [0.15, 0.2) is 4.67 Å². The monoisotopic (exact) mass is 258 g/mol. The molecule has 0 radical (unpaired) electrons. The Morgan fingerprint density at radius 2 is 2.36 bits per heavy atom. The van der Waals surface area contributed by atoms with Crippen molar-refractivity contribution >= 4 is 21.8 Å². The fourth-order valence-corrected chi connectivity index (χ4v) is 1.82. The maximum atomic E-state index is 11.5. The minimum atomic E-state index is -0.101. The molecule has 1 aliphatic rings. The highest BCUT2D eigenvalue weighted by Gasteiger charge is 2.27. The van der Waals surface area contributed by atoms with Gasteiger partial charge in [0, 0.05) is 18.2 Å². The van der Waals surface area contributed by atoms with Crippen molar-refractivity contribution in [2.24, 2.45) is 5.73 Å². The lowest BCUT2D eigenvalue weighted by atomic mass is 9.87. The normalized spacial score (nSPS) is 25.6. The van der Waals surface area contributed by atoms with Gasteiger partial charge in [0.1, 0.15) is 6.26 Å². The molecule has 0 aliphatic heterocycles. The molecule has 0 aromatic carbocycles. The Morgan fingerprint density at radius 3 is 2.86 bits per heavy atom. The Bertz CT molecular complexity index is 344. The molecular weight excluding hydrogens is 248 g/mol. The van der Waals surface area contributed by atoms with Crippen LogP contribution >= 0.6 is 15.9 Å². The van der Waals surface area contributed by atoms with Crippen molar-refractivity contribution in [1.82, 2.24) is 5.32 Å². The highest BCUT2D eigenvalue weighted by molar-refractivity contribution is 9.10. The third kappa shape index (κ3) is 1.99. The van der Waals surface area contributed by atoms with Crippen LogP contribution in [-0.2, 0) is 0 Å². The number of hydrogen-bond donors (Lipinski definition) is 2. The summed E-state index contributed by atoms with van der Waals surface area (Å²) in [6.45, 7) is 0. The van der Waals surface area contributed by atoms with Gasteiger partial charge >= 0.3 is 0 Å². The number of furan rings is 1. The molecule has 14 heavy (non-hydrogen) atoms. The van der Waals surface area contributed by atoms with Crippen LogP contribution in [0.1, 0.15) is 23.2 Å². The Morgan fingerprint density at radius 1 is 1.64 bits per heavy atom. The molecule has 0 saturated heterocycles. The predicted molar refractivity (Wildman–Crippen MR) is 54.9 cm³/mol. The summed E-state index contributed by atoms with van der Waals surface area (Å²) in [6.07, 6.45) is 3.16. The summed E-state index contributed by atoms with van der Waals surface area (Å²) in [6, 6.07) is 2.12. The van der Waals surface area contributed by atoms with Gasteiger partial charge in [-0.05, 0) is 28.8 Å². The topological polar surface area (TPSA) is 68.3 Å². The summed E-state index contributed by atoms with van der Waals surface area (Å²) in [4.78, 5) is 11.5. The first kappa shape index (κ1) is 9.73. The van der Waals surface area contributed by atoms with Gasteiger partial charge in [-0.1, -0.05) is 0 Å². The molecule has 5 heteroatoms. The van der Waals surface area contributed by atoms with Crippen LogP contribution in [-0.4, -0.2) is 18.0 Å². The van der Waals surface area contributed by atoms with Crippen molar-refractivity contribution in [1.29, 1.82) is 0 Å². The van der Waals surface area contributed by atoms with Crippen LogP contribution in [0.4, 0.5) is 0 Å². The van der Waals surface area contributed by atoms with E-state index in [2.05, 4.69) is 21.2 Å². The van der Waals surface area contributed by atoms with Crippen LogP contribution in [0, 0.1) is 0 Å². The number of amides is 1. The number of carbonyl (C=O) groups excluding carboxylic acids is 1. The van der Waals surface area contributed by atoms with Gasteiger partial charge < -0.3 is 15.5 Å². The van der Waals surface area contributed by atoms with Crippen molar-refractivity contribution in [2.75, 3.05) is 0 Å². The average molecular weight is 259 g/mol. The van der Waals surface area contributed by atoms with Crippen LogP contribution in [0.15, 0.2) is 21.4 Å². The van der Waals surface area contributed by atoms with E-state index in [-0.39, 0.29) is 18.0 Å². The van der Waals surface area contributed by atoms with Gasteiger partial charge in [0.2, 0.25) is 0 Å². The number of rotatable bonds is 2. The number of nitrogens with one attached hydrogen (secondary N) is 1. The Hall–Kier alpha value is -0.810. The van der Waals surface area contributed by atoms with E-state index in [4.69, 9.17) is 10.2 Å². The molecule has 1 aromatic rings. The van der Waals surface area contributed by atoms with E-state index in [1.54, 1.807) is 6.07 Å². The van der Waals surface area contributed by atoms with E-state index in [0.717, 1.165) is 12.8 Å². The van der Waals surface area contributed by atoms with Crippen LogP contribution in [0.25, 0.3) is 0 Å². The first-order valence-electron chi connectivity index (χ1n) is 4.45. The van der Waals surface area contributed by atoms with Gasteiger partial charge in [-0.15, -0.1) is 0 Å². The van der Waals surface area contributed by atoms with Crippen LogP contribution < -0.4 is 11.1 Å². The maximum Gasteiger partial charge on any atom is 0.254 e. The zero-order valence-electron chi connectivity index (χ0n) is 7.50. The predicted octanol–water partition coefficient (Wildman–Crippen LogP) is 1.26. The van der Waals surface area contributed by atoms with Crippen LogP contribution in [0.5, 0.6) is 0 Å². The second-order valence-electron chi connectivity index (χ2n) is 3.54. The molecule has 0 atom stereocenters. The minimum Gasteiger partial charge on any atom is -0.457 e. The molecule has 0 bridgehead atoms. The third-order valence-corrected chi connectivity index (χ3v) is 2.76. The lowest BCUT2D eigenvalue weighted by molar-refractivity contribution is 0.0909. The van der Waals surface area contributed by atoms with E-state index in [1.807, 2.05) is 0 Å². The minimum absolute atomic E-state index is 0.101. The summed E-state index contributed by atoms with van der Waals surface area (Å²) < 4.78 is 5.53. The summed E-state index contributed by atoms with van der Waals surface area (Å²) in [7, 11) is 0. The zero-order valence-corrected chi connectivity index (χ0v) is 9.08. The molecule has 1 saturated carbocycles. The number of hydrogen-bond acceptors (Lipinski definition) is 3. The van der Waals surface area contributed by atoms with E-state index >= 15 is 0 Å². The van der Waals surface area contributed by atoms with Crippen LogP contribution in [0.2, 0.25) is 0 Å². The van der Waals surface area contributed by atoms with Crippen LogP contribution in [0.3, 0.4) is 0 Å². The van der Waals surface area contributed by atoms with E-state index in [0.29, 0.717) is 10.2 Å². The molecule has 1 amide bonds. The highest BCUT2D eigenvalue weighted by atomic mass is 79.9. The molecule has 4 nitrogen and oxygen atoms in total. The lowest BCUT2D eigenvalue weighted by Crippen LogP contribution is -2.50. The SMILES string of the molecule is NC1CC(NC(=O)c2coc(Br)c2)C1. The van der Waals surface area contributed by atoms with E-state index < -0.39 is 0 Å². The molecule has 1 aromatic heterocycles. The summed E-state index contributed by atoms with van der Waals surface area (Å²) in [5.41, 5.74) is 6.15. The second-order valence-corrected chi connectivity index (χ2v) is 4.32. The fraction of sp³-hybridized carbons (Fsp3) is 0.444. The molecule has 0 spiro atoms. The first-order chi connectivity index (χ1) is 6.65. The Kier molecular flexibility index (Phi) is 2.60. The van der Waals surface area contributed by atoms with E-state index in [9.17, 15) is 4.79 Å². The van der Waals surface area contributed by atoms with Crippen molar-refractivity contribution in [3.05, 3.63) is 22.6 Å². The number of nitrogens with two attached hydrogens (primary N) is 1.